The minimum Gasteiger partial charge on any atom is -0.493 e. The number of piperidine rings is 1. The van der Waals surface area contributed by atoms with Gasteiger partial charge in [-0.25, -0.2) is 0 Å². The lowest BCUT2D eigenvalue weighted by atomic mass is 9.98. The van der Waals surface area contributed by atoms with Crippen molar-refractivity contribution in [2.75, 3.05) is 19.7 Å². The van der Waals surface area contributed by atoms with E-state index >= 15 is 0 Å². The quantitative estimate of drug-likeness (QED) is 0.737. The molecule has 1 saturated heterocycles. The molecule has 2 aromatic heterocycles. The molecule has 0 radical (unpaired) electrons. The Labute approximate surface area is 164 Å². The molecule has 144 valence electrons. The fraction of sp³-hybridized carbons (Fsp3) is 0.318. The molecule has 0 saturated carbocycles. The summed E-state index contributed by atoms with van der Waals surface area (Å²) in [4.78, 5) is 18.8. The summed E-state index contributed by atoms with van der Waals surface area (Å²) < 4.78 is 5.96. The Morgan fingerprint density at radius 3 is 2.93 bits per heavy atom. The third-order valence-corrected chi connectivity index (χ3v) is 5.07. The third kappa shape index (κ3) is 4.22. The van der Waals surface area contributed by atoms with Crippen molar-refractivity contribution in [1.29, 1.82) is 0 Å². The first-order valence-corrected chi connectivity index (χ1v) is 9.63. The van der Waals surface area contributed by atoms with Crippen LogP contribution in [0.15, 0.2) is 54.9 Å². The van der Waals surface area contributed by atoms with Crippen LogP contribution in [0.4, 0.5) is 0 Å². The van der Waals surface area contributed by atoms with Crippen LogP contribution < -0.4 is 4.74 Å². The molecule has 1 N–H and O–H groups in total. The molecule has 28 heavy (non-hydrogen) atoms. The number of aryl methyl sites for hydroxylation is 1. The zero-order valence-electron chi connectivity index (χ0n) is 16.0. The number of aromatic nitrogens is 3. The number of hydrogen-bond donors (Lipinski definition) is 1. The van der Waals surface area contributed by atoms with E-state index in [9.17, 15) is 4.79 Å². The number of carbonyl (C=O) groups excluding carboxylic acids is 1. The number of nitrogens with zero attached hydrogens (tertiary/aromatic N) is 3. The van der Waals surface area contributed by atoms with Crippen molar-refractivity contribution < 1.29 is 9.53 Å². The van der Waals surface area contributed by atoms with E-state index in [0.717, 1.165) is 36.4 Å². The smallest absolute Gasteiger partial charge is 0.271 e. The van der Waals surface area contributed by atoms with E-state index in [2.05, 4.69) is 28.2 Å². The second kappa shape index (κ2) is 8.25. The van der Waals surface area contributed by atoms with Crippen LogP contribution >= 0.6 is 0 Å². The van der Waals surface area contributed by atoms with Crippen molar-refractivity contribution in [3.63, 3.8) is 0 Å². The lowest BCUT2D eigenvalue weighted by Crippen LogP contribution is -2.41. The maximum atomic E-state index is 12.9. The van der Waals surface area contributed by atoms with Crippen LogP contribution in [0.5, 0.6) is 5.75 Å². The molecule has 1 aliphatic rings. The molecule has 0 unspecified atom stereocenters. The number of nitrogens with one attached hydrogen (secondary N) is 1. The van der Waals surface area contributed by atoms with Crippen LogP contribution in [-0.4, -0.2) is 45.7 Å². The molecular formula is C22H24N4O2. The first-order valence-electron chi connectivity index (χ1n) is 9.63. The van der Waals surface area contributed by atoms with Gasteiger partial charge in [-0.1, -0.05) is 12.1 Å². The van der Waals surface area contributed by atoms with Gasteiger partial charge in [-0.2, -0.15) is 5.10 Å². The van der Waals surface area contributed by atoms with Crippen LogP contribution in [0.25, 0.3) is 11.3 Å². The Morgan fingerprint density at radius 1 is 1.25 bits per heavy atom. The molecule has 0 spiro atoms. The van der Waals surface area contributed by atoms with Gasteiger partial charge in [0.25, 0.3) is 5.91 Å². The molecule has 1 aromatic carbocycles. The summed E-state index contributed by atoms with van der Waals surface area (Å²) in [6.07, 6.45) is 5.49. The fourth-order valence-corrected chi connectivity index (χ4v) is 3.58. The maximum absolute atomic E-state index is 12.9. The average molecular weight is 376 g/mol. The van der Waals surface area contributed by atoms with E-state index in [1.165, 1.54) is 5.56 Å². The topological polar surface area (TPSA) is 71.1 Å². The molecule has 1 atom stereocenters. The Bertz CT molecular complexity index is 938. The van der Waals surface area contributed by atoms with Crippen molar-refractivity contribution in [3.8, 4) is 17.0 Å². The van der Waals surface area contributed by atoms with Gasteiger partial charge in [0.05, 0.1) is 12.3 Å². The summed E-state index contributed by atoms with van der Waals surface area (Å²) in [5.41, 5.74) is 3.39. The van der Waals surface area contributed by atoms with Gasteiger partial charge < -0.3 is 9.64 Å². The molecule has 1 aliphatic heterocycles. The predicted octanol–water partition coefficient (Wildman–Crippen LogP) is 3.71. The van der Waals surface area contributed by atoms with E-state index in [0.29, 0.717) is 24.8 Å². The van der Waals surface area contributed by atoms with Crippen molar-refractivity contribution in [2.45, 2.75) is 19.8 Å². The first kappa shape index (κ1) is 18.2. The Kier molecular flexibility index (Phi) is 5.37. The first-order chi connectivity index (χ1) is 13.7. The SMILES string of the molecule is Cc1cccc(OC[C@H]2CCCN(C(=O)c3cc(-c4ccncc4)n[nH]3)C2)c1. The maximum Gasteiger partial charge on any atom is 0.271 e. The van der Waals surface area contributed by atoms with Gasteiger partial charge in [-0.05, 0) is 55.7 Å². The molecule has 1 fully saturated rings. The number of benzene rings is 1. The normalized spacial score (nSPS) is 16.8. The van der Waals surface area contributed by atoms with Gasteiger partial charge in [0.2, 0.25) is 0 Å². The number of aromatic amines is 1. The molecule has 6 heteroatoms. The Balaban J connectivity index is 1.37. The highest BCUT2D eigenvalue weighted by Gasteiger charge is 2.26. The summed E-state index contributed by atoms with van der Waals surface area (Å²) in [5, 5.41) is 7.17. The summed E-state index contributed by atoms with van der Waals surface area (Å²) in [7, 11) is 0. The van der Waals surface area contributed by atoms with Gasteiger partial charge in [0.1, 0.15) is 11.4 Å². The van der Waals surface area contributed by atoms with E-state index in [4.69, 9.17) is 4.74 Å². The number of amides is 1. The van der Waals surface area contributed by atoms with Crippen molar-refractivity contribution in [3.05, 3.63) is 66.1 Å². The number of ether oxygens (including phenoxy) is 1. The molecule has 3 heterocycles. The number of hydrogen-bond acceptors (Lipinski definition) is 4. The summed E-state index contributed by atoms with van der Waals surface area (Å²) in [6, 6.07) is 13.6. The predicted molar refractivity (Wildman–Crippen MR) is 107 cm³/mol. The van der Waals surface area contributed by atoms with Gasteiger partial charge >= 0.3 is 0 Å². The summed E-state index contributed by atoms with van der Waals surface area (Å²) >= 11 is 0. The van der Waals surface area contributed by atoms with Crippen LogP contribution in [0.1, 0.15) is 28.9 Å². The minimum atomic E-state index is -0.00642. The van der Waals surface area contributed by atoms with E-state index < -0.39 is 0 Å². The van der Waals surface area contributed by atoms with Crippen molar-refractivity contribution in [1.82, 2.24) is 20.1 Å². The molecule has 3 aromatic rings. The molecule has 4 rings (SSSR count). The highest BCUT2D eigenvalue weighted by atomic mass is 16.5. The zero-order chi connectivity index (χ0) is 19.3. The second-order valence-electron chi connectivity index (χ2n) is 7.29. The number of likely N-dealkylation sites (tertiary alicyclic amines) is 1. The van der Waals surface area contributed by atoms with E-state index in [1.807, 2.05) is 41.3 Å². The minimum absolute atomic E-state index is 0.00642. The summed E-state index contributed by atoms with van der Waals surface area (Å²) in [5.74, 6) is 1.22. The Morgan fingerprint density at radius 2 is 2.11 bits per heavy atom. The monoisotopic (exact) mass is 376 g/mol. The highest BCUT2D eigenvalue weighted by molar-refractivity contribution is 5.93. The third-order valence-electron chi connectivity index (χ3n) is 5.07. The van der Waals surface area contributed by atoms with Crippen LogP contribution in [0, 0.1) is 12.8 Å². The molecule has 6 nitrogen and oxygen atoms in total. The lowest BCUT2D eigenvalue weighted by Gasteiger charge is -2.32. The van der Waals surface area contributed by atoms with E-state index in [-0.39, 0.29) is 5.91 Å². The van der Waals surface area contributed by atoms with Crippen molar-refractivity contribution >= 4 is 5.91 Å². The zero-order valence-corrected chi connectivity index (χ0v) is 16.0. The molecule has 1 amide bonds. The van der Waals surface area contributed by atoms with Gasteiger partial charge in [0.15, 0.2) is 0 Å². The highest BCUT2D eigenvalue weighted by Crippen LogP contribution is 2.22. The van der Waals surface area contributed by atoms with Gasteiger partial charge in [0, 0.05) is 37.0 Å². The average Bonchev–Trinajstić information content (AvgIpc) is 3.23. The number of rotatable bonds is 5. The molecule has 0 aliphatic carbocycles. The van der Waals surface area contributed by atoms with Crippen LogP contribution in [-0.2, 0) is 0 Å². The van der Waals surface area contributed by atoms with Crippen LogP contribution in [0.3, 0.4) is 0 Å². The standard InChI is InChI=1S/C22H24N4O2/c1-16-4-2-6-19(12-16)28-15-17-5-3-11-26(14-17)22(27)21-13-20(24-25-21)18-7-9-23-10-8-18/h2,4,6-10,12-13,17H,3,5,11,14-15H2,1H3,(H,24,25)/t17-/m0/s1. The van der Waals surface area contributed by atoms with E-state index in [1.54, 1.807) is 12.4 Å². The van der Waals surface area contributed by atoms with Gasteiger partial charge in [-0.15, -0.1) is 0 Å². The van der Waals surface area contributed by atoms with Crippen LogP contribution in [0.2, 0.25) is 0 Å². The summed E-state index contributed by atoms with van der Waals surface area (Å²) in [6.45, 7) is 4.15. The molecule has 0 bridgehead atoms. The van der Waals surface area contributed by atoms with Gasteiger partial charge in [-0.3, -0.25) is 14.9 Å². The van der Waals surface area contributed by atoms with Crippen molar-refractivity contribution in [2.24, 2.45) is 5.92 Å². The second-order valence-corrected chi connectivity index (χ2v) is 7.29. The Hall–Kier alpha value is -3.15. The number of carbonyl (C=O) groups is 1. The number of H-pyrrole nitrogens is 1. The number of pyridine rings is 1. The lowest BCUT2D eigenvalue weighted by molar-refractivity contribution is 0.0627. The fourth-order valence-electron chi connectivity index (χ4n) is 3.58. The molecular weight excluding hydrogens is 352 g/mol. The largest absolute Gasteiger partial charge is 0.493 e.